The van der Waals surface area contributed by atoms with Gasteiger partial charge in [0.2, 0.25) is 5.91 Å². The second kappa shape index (κ2) is 6.72. The molecule has 0 aliphatic heterocycles. The van der Waals surface area contributed by atoms with Gasteiger partial charge in [-0.05, 0) is 0 Å². The van der Waals surface area contributed by atoms with E-state index in [0.717, 1.165) is 0 Å². The average Bonchev–Trinajstić information content (AvgIpc) is 2.16. The Labute approximate surface area is 82.5 Å². The minimum Gasteiger partial charge on any atom is -0.394 e. The first-order valence-electron chi connectivity index (χ1n) is 4.27. The Hall–Kier alpha value is -0.690. The van der Waals surface area contributed by atoms with E-state index in [2.05, 4.69) is 5.32 Å². The molecule has 6 heteroatoms. The van der Waals surface area contributed by atoms with E-state index in [4.69, 9.17) is 14.9 Å². The molecule has 0 rings (SSSR count). The Kier molecular flexibility index (Phi) is 6.39. The second-order valence-electron chi connectivity index (χ2n) is 2.95. The number of rotatable bonds is 6. The zero-order valence-corrected chi connectivity index (χ0v) is 8.30. The maximum atomic E-state index is 10.6. The summed E-state index contributed by atoms with van der Waals surface area (Å²) in [6, 6.07) is 0. The van der Waals surface area contributed by atoms with Gasteiger partial charge in [0.25, 0.3) is 0 Å². The molecular weight excluding hydrogens is 190 g/mol. The summed E-state index contributed by atoms with van der Waals surface area (Å²) >= 11 is 0. The molecule has 0 aromatic heterocycles. The lowest BCUT2D eigenvalue weighted by atomic mass is 10.1. The third-order valence-electron chi connectivity index (χ3n) is 1.82. The monoisotopic (exact) mass is 207 g/mol. The number of aliphatic hydroxyl groups excluding tert-OH is 3. The quantitative estimate of drug-likeness (QED) is 0.398. The number of amides is 1. The van der Waals surface area contributed by atoms with Crippen LogP contribution >= 0.6 is 0 Å². The van der Waals surface area contributed by atoms with Crippen LogP contribution in [-0.4, -0.2) is 59.8 Å². The summed E-state index contributed by atoms with van der Waals surface area (Å²) in [5.74, 6) is -0.252. The predicted octanol–water partition coefficient (Wildman–Crippen LogP) is -2.15. The van der Waals surface area contributed by atoms with Crippen molar-refractivity contribution >= 4 is 5.91 Å². The predicted molar refractivity (Wildman–Crippen MR) is 48.6 cm³/mol. The van der Waals surface area contributed by atoms with Crippen molar-refractivity contribution in [3.05, 3.63) is 0 Å². The topological polar surface area (TPSA) is 99.0 Å². The molecule has 1 amide bonds. The van der Waals surface area contributed by atoms with Crippen molar-refractivity contribution in [3.63, 3.8) is 0 Å². The highest BCUT2D eigenvalue weighted by Gasteiger charge is 2.25. The normalized spacial score (nSPS) is 17.2. The van der Waals surface area contributed by atoms with Crippen molar-refractivity contribution in [3.8, 4) is 0 Å². The van der Waals surface area contributed by atoms with Gasteiger partial charge in [0.1, 0.15) is 18.3 Å². The molecule has 0 saturated heterocycles. The van der Waals surface area contributed by atoms with Crippen molar-refractivity contribution < 1.29 is 24.9 Å². The van der Waals surface area contributed by atoms with E-state index in [-0.39, 0.29) is 12.5 Å². The lowest BCUT2D eigenvalue weighted by molar-refractivity contribution is -0.121. The van der Waals surface area contributed by atoms with E-state index in [1.165, 1.54) is 14.0 Å². The van der Waals surface area contributed by atoms with Gasteiger partial charge in [-0.1, -0.05) is 0 Å². The highest BCUT2D eigenvalue weighted by atomic mass is 16.5. The van der Waals surface area contributed by atoms with Crippen LogP contribution < -0.4 is 5.32 Å². The van der Waals surface area contributed by atoms with Gasteiger partial charge in [0, 0.05) is 20.6 Å². The molecule has 6 nitrogen and oxygen atoms in total. The standard InChI is InChI=1S/C8H17NO5/c1-5(11)9-3-7(14-2)8(13)6(12)4-10/h6-8,10,12-13H,3-4H2,1-2H3,(H,9,11)/t6?,7?,8-/m1/s1. The number of hydrogen-bond donors (Lipinski definition) is 4. The molecule has 2 unspecified atom stereocenters. The van der Waals surface area contributed by atoms with Crippen LogP contribution in [0, 0.1) is 0 Å². The van der Waals surface area contributed by atoms with Crippen LogP contribution in [0.1, 0.15) is 6.92 Å². The van der Waals surface area contributed by atoms with E-state index in [9.17, 15) is 9.90 Å². The third kappa shape index (κ3) is 4.52. The SMILES string of the molecule is COC(CNC(C)=O)[C@H](O)C(O)CO. The fourth-order valence-electron chi connectivity index (χ4n) is 0.944. The molecule has 14 heavy (non-hydrogen) atoms. The summed E-state index contributed by atoms with van der Waals surface area (Å²) in [6.07, 6.45) is -3.23. The molecule has 0 aromatic rings. The van der Waals surface area contributed by atoms with Crippen LogP contribution in [0.25, 0.3) is 0 Å². The average molecular weight is 207 g/mol. The summed E-state index contributed by atoms with van der Waals surface area (Å²) in [5.41, 5.74) is 0. The summed E-state index contributed by atoms with van der Waals surface area (Å²) < 4.78 is 4.85. The fraction of sp³-hybridized carbons (Fsp3) is 0.875. The summed E-state index contributed by atoms with van der Waals surface area (Å²) in [7, 11) is 1.35. The van der Waals surface area contributed by atoms with Gasteiger partial charge in [-0.3, -0.25) is 4.79 Å². The van der Waals surface area contributed by atoms with Gasteiger partial charge in [-0.2, -0.15) is 0 Å². The molecule has 0 aromatic carbocycles. The van der Waals surface area contributed by atoms with Crippen molar-refractivity contribution in [2.75, 3.05) is 20.3 Å². The molecule has 0 radical (unpaired) electrons. The highest BCUT2D eigenvalue weighted by molar-refractivity contribution is 5.72. The first-order chi connectivity index (χ1) is 6.52. The molecule has 0 bridgehead atoms. The molecule has 3 atom stereocenters. The highest BCUT2D eigenvalue weighted by Crippen LogP contribution is 2.02. The number of carbonyl (C=O) groups is 1. The molecule has 0 aliphatic carbocycles. The van der Waals surface area contributed by atoms with Gasteiger partial charge in [-0.25, -0.2) is 0 Å². The molecule has 84 valence electrons. The Morgan fingerprint density at radius 2 is 2.07 bits per heavy atom. The van der Waals surface area contributed by atoms with Crippen LogP contribution in [0.3, 0.4) is 0 Å². The van der Waals surface area contributed by atoms with Gasteiger partial charge in [-0.15, -0.1) is 0 Å². The van der Waals surface area contributed by atoms with Gasteiger partial charge < -0.3 is 25.4 Å². The molecule has 0 saturated carbocycles. The lowest BCUT2D eigenvalue weighted by Crippen LogP contribution is -2.46. The van der Waals surface area contributed by atoms with Crippen LogP contribution in [0.4, 0.5) is 0 Å². The first kappa shape index (κ1) is 13.3. The van der Waals surface area contributed by atoms with Crippen LogP contribution in [0.5, 0.6) is 0 Å². The van der Waals surface area contributed by atoms with Gasteiger partial charge in [0.05, 0.1) is 6.61 Å². The van der Waals surface area contributed by atoms with Crippen molar-refractivity contribution in [1.29, 1.82) is 0 Å². The van der Waals surface area contributed by atoms with E-state index in [1.807, 2.05) is 0 Å². The minimum absolute atomic E-state index is 0.0874. The Bertz CT molecular complexity index is 175. The van der Waals surface area contributed by atoms with E-state index < -0.39 is 24.9 Å². The van der Waals surface area contributed by atoms with Crippen molar-refractivity contribution in [2.45, 2.75) is 25.2 Å². The maximum Gasteiger partial charge on any atom is 0.216 e. The smallest absolute Gasteiger partial charge is 0.216 e. The summed E-state index contributed by atoms with van der Waals surface area (Å²) in [6.45, 7) is 0.868. The van der Waals surface area contributed by atoms with Crippen molar-refractivity contribution in [2.24, 2.45) is 0 Å². The zero-order valence-electron chi connectivity index (χ0n) is 8.30. The largest absolute Gasteiger partial charge is 0.394 e. The van der Waals surface area contributed by atoms with E-state index >= 15 is 0 Å². The number of nitrogens with one attached hydrogen (secondary N) is 1. The summed E-state index contributed by atoms with van der Waals surface area (Å²) in [5, 5.41) is 29.5. The number of methoxy groups -OCH3 is 1. The molecule has 0 spiro atoms. The number of ether oxygens (including phenoxy) is 1. The molecular formula is C8H17NO5. The van der Waals surface area contributed by atoms with Crippen molar-refractivity contribution in [1.82, 2.24) is 5.32 Å². The van der Waals surface area contributed by atoms with Gasteiger partial charge >= 0.3 is 0 Å². The maximum absolute atomic E-state index is 10.6. The lowest BCUT2D eigenvalue weighted by Gasteiger charge is -2.24. The van der Waals surface area contributed by atoms with Crippen LogP contribution in [0.15, 0.2) is 0 Å². The number of aliphatic hydroxyl groups is 3. The zero-order chi connectivity index (χ0) is 11.1. The summed E-state index contributed by atoms with van der Waals surface area (Å²) in [4.78, 5) is 10.6. The Morgan fingerprint density at radius 3 is 2.43 bits per heavy atom. The Balaban J connectivity index is 4.04. The Morgan fingerprint density at radius 1 is 1.50 bits per heavy atom. The molecule has 0 fully saturated rings. The molecule has 4 N–H and O–H groups in total. The minimum atomic E-state index is -1.27. The third-order valence-corrected chi connectivity index (χ3v) is 1.82. The molecule has 0 aliphatic rings. The number of carbonyl (C=O) groups excluding carboxylic acids is 1. The van der Waals surface area contributed by atoms with Gasteiger partial charge in [0.15, 0.2) is 0 Å². The van der Waals surface area contributed by atoms with Crippen LogP contribution in [-0.2, 0) is 9.53 Å². The first-order valence-corrected chi connectivity index (χ1v) is 4.27. The molecule has 0 heterocycles. The van der Waals surface area contributed by atoms with E-state index in [1.54, 1.807) is 0 Å². The fourth-order valence-corrected chi connectivity index (χ4v) is 0.944. The van der Waals surface area contributed by atoms with E-state index in [0.29, 0.717) is 0 Å². The number of hydrogen-bond acceptors (Lipinski definition) is 5. The van der Waals surface area contributed by atoms with Crippen LogP contribution in [0.2, 0.25) is 0 Å². The second-order valence-corrected chi connectivity index (χ2v) is 2.95.